The number of H-pyrrole nitrogens is 1. The number of oxazole rings is 1. The highest BCUT2D eigenvalue weighted by Gasteiger charge is 2.05. The molecule has 0 fully saturated rings. The summed E-state index contributed by atoms with van der Waals surface area (Å²) in [6, 6.07) is 6.01. The van der Waals surface area contributed by atoms with Gasteiger partial charge in [0.15, 0.2) is 24.4 Å². The zero-order valence-electron chi connectivity index (χ0n) is 8.83. The van der Waals surface area contributed by atoms with E-state index >= 15 is 0 Å². The predicted molar refractivity (Wildman–Crippen MR) is 48.1 cm³/mol. The van der Waals surface area contributed by atoms with Gasteiger partial charge in [0, 0.05) is 6.07 Å². The smallest absolute Gasteiger partial charge is 0.182 e. The van der Waals surface area contributed by atoms with Crippen LogP contribution in [0.2, 0.25) is 0 Å². The minimum atomic E-state index is -4.94. The van der Waals surface area contributed by atoms with E-state index in [-0.39, 0.29) is 0 Å². The molecule has 0 aliphatic rings. The molecular weight excluding hydrogens is 264 g/mol. The first-order chi connectivity index (χ1) is 8.45. The lowest BCUT2D eigenvalue weighted by Gasteiger charge is -2.17. The standard InChI is InChI=1S/C10H6N2O.ClHO4/c1-2-9-10(13-6-12-9)8-5-11-4-3-7(1)8;2-1(3,4)5/h1-6H;(H,2,3,4,5). The second-order valence-electron chi connectivity index (χ2n) is 3.29. The number of nitrogens with one attached hydrogen (secondary N) is 1. The molecule has 8 heteroatoms. The van der Waals surface area contributed by atoms with Gasteiger partial charge in [-0.15, -0.1) is 10.2 Å². The molecule has 2 heterocycles. The number of fused-ring (bicyclic) bond motifs is 3. The topological polar surface area (TPSA) is 132 Å². The lowest BCUT2D eigenvalue weighted by atomic mass is 10.1. The number of halogens is 1. The highest BCUT2D eigenvalue weighted by atomic mass is 35.7. The molecule has 0 saturated heterocycles. The van der Waals surface area contributed by atoms with Gasteiger partial charge in [0.25, 0.3) is 0 Å². The Morgan fingerprint density at radius 3 is 2.56 bits per heavy atom. The Bertz CT molecular complexity index is 658. The Labute approximate surface area is 103 Å². The van der Waals surface area contributed by atoms with Gasteiger partial charge in [-0.3, -0.25) is 0 Å². The van der Waals surface area contributed by atoms with Crippen molar-refractivity contribution in [1.82, 2.24) is 4.98 Å². The van der Waals surface area contributed by atoms with E-state index in [9.17, 15) is 0 Å². The first-order valence-corrected chi connectivity index (χ1v) is 5.92. The van der Waals surface area contributed by atoms with Crippen LogP contribution in [0.3, 0.4) is 0 Å². The molecule has 0 radical (unpaired) electrons. The largest absolute Gasteiger partial charge is 0.443 e. The number of nitrogens with zero attached hydrogens (tertiary/aromatic N) is 1. The lowest BCUT2D eigenvalue weighted by Crippen LogP contribution is -2.68. The van der Waals surface area contributed by atoms with Crippen LogP contribution in [0.5, 0.6) is 0 Å². The number of benzene rings is 1. The summed E-state index contributed by atoms with van der Waals surface area (Å²) < 4.78 is 39.3. The van der Waals surface area contributed by atoms with Crippen LogP contribution < -0.4 is 23.6 Å². The summed E-state index contributed by atoms with van der Waals surface area (Å²) in [6.45, 7) is 0. The number of aromatic amines is 1. The highest BCUT2D eigenvalue weighted by Crippen LogP contribution is 2.22. The number of hydrogen-bond donors (Lipinski definition) is 0. The number of aromatic nitrogens is 2. The second kappa shape index (κ2) is 4.84. The second-order valence-corrected chi connectivity index (χ2v) is 4.05. The molecule has 94 valence electrons. The first kappa shape index (κ1) is 12.7. The van der Waals surface area contributed by atoms with Crippen LogP contribution in [0, 0.1) is 10.2 Å². The minimum absolute atomic E-state index is 0.842. The van der Waals surface area contributed by atoms with Crippen molar-refractivity contribution >= 4 is 21.9 Å². The molecule has 3 aromatic rings. The van der Waals surface area contributed by atoms with Crippen LogP contribution in [0.4, 0.5) is 0 Å². The van der Waals surface area contributed by atoms with E-state index in [0.29, 0.717) is 0 Å². The zero-order valence-corrected chi connectivity index (χ0v) is 9.59. The summed E-state index contributed by atoms with van der Waals surface area (Å²) in [5.74, 6) is 0. The monoisotopic (exact) mass is 270 g/mol. The van der Waals surface area contributed by atoms with Gasteiger partial charge < -0.3 is 4.42 Å². The van der Waals surface area contributed by atoms with Crippen LogP contribution >= 0.6 is 0 Å². The summed E-state index contributed by atoms with van der Waals surface area (Å²) in [6.07, 6.45) is 5.28. The van der Waals surface area contributed by atoms with E-state index in [4.69, 9.17) is 23.1 Å². The third-order valence-corrected chi connectivity index (χ3v) is 2.16. The molecular formula is C10H7ClN2O5. The van der Waals surface area contributed by atoms with Gasteiger partial charge in [-0.1, -0.05) is 6.07 Å². The van der Waals surface area contributed by atoms with Crippen molar-refractivity contribution in [3.63, 3.8) is 0 Å². The van der Waals surface area contributed by atoms with Gasteiger partial charge in [0.2, 0.25) is 0 Å². The van der Waals surface area contributed by atoms with Gasteiger partial charge in [0.05, 0.1) is 5.39 Å². The van der Waals surface area contributed by atoms with Crippen molar-refractivity contribution in [3.8, 4) is 0 Å². The molecule has 0 unspecified atom stereocenters. The van der Waals surface area contributed by atoms with Crippen molar-refractivity contribution in [2.45, 2.75) is 0 Å². The lowest BCUT2D eigenvalue weighted by molar-refractivity contribution is -2.00. The first-order valence-electron chi connectivity index (χ1n) is 4.69. The number of rotatable bonds is 0. The van der Waals surface area contributed by atoms with E-state index in [2.05, 4.69) is 9.97 Å². The SMILES string of the molecule is [O-][Cl+3]([O-])([O-])[O-].c1cc2ccc3ncoc3c2c[nH+]1. The van der Waals surface area contributed by atoms with Crippen LogP contribution in [0.1, 0.15) is 0 Å². The molecule has 0 spiro atoms. The van der Waals surface area contributed by atoms with Crippen molar-refractivity contribution in [2.24, 2.45) is 0 Å². The third-order valence-electron chi connectivity index (χ3n) is 2.16. The molecule has 0 aliphatic heterocycles. The van der Waals surface area contributed by atoms with E-state index in [0.717, 1.165) is 21.9 Å². The molecule has 2 aromatic heterocycles. The summed E-state index contributed by atoms with van der Waals surface area (Å²) >= 11 is 0. The fourth-order valence-electron chi connectivity index (χ4n) is 1.53. The van der Waals surface area contributed by atoms with E-state index in [1.807, 2.05) is 30.6 Å². The third kappa shape index (κ3) is 3.13. The quantitative estimate of drug-likeness (QED) is 0.428. The normalized spacial score (nSPS) is 11.3. The van der Waals surface area contributed by atoms with Gasteiger partial charge in [-0.25, -0.2) is 28.6 Å². The van der Waals surface area contributed by atoms with Crippen LogP contribution in [-0.4, -0.2) is 4.98 Å². The molecule has 1 aromatic carbocycles. The Hall–Kier alpha value is -1.77. The Kier molecular flexibility index (Phi) is 3.41. The van der Waals surface area contributed by atoms with Gasteiger partial charge in [-0.2, -0.15) is 0 Å². The van der Waals surface area contributed by atoms with Crippen molar-refractivity contribution in [2.75, 3.05) is 0 Å². The van der Waals surface area contributed by atoms with Gasteiger partial charge in [-0.05, 0) is 11.5 Å². The van der Waals surface area contributed by atoms with E-state index < -0.39 is 10.2 Å². The predicted octanol–water partition coefficient (Wildman–Crippen LogP) is -2.96. The van der Waals surface area contributed by atoms with Crippen molar-refractivity contribution in [1.29, 1.82) is 0 Å². The van der Waals surface area contributed by atoms with Crippen LogP contribution in [0.25, 0.3) is 21.9 Å². The average Bonchev–Trinajstić information content (AvgIpc) is 2.75. The van der Waals surface area contributed by atoms with E-state index in [1.165, 1.54) is 6.39 Å². The Morgan fingerprint density at radius 2 is 1.83 bits per heavy atom. The van der Waals surface area contributed by atoms with E-state index in [1.54, 1.807) is 0 Å². The molecule has 3 rings (SSSR count). The van der Waals surface area contributed by atoms with Gasteiger partial charge >= 0.3 is 0 Å². The fourth-order valence-corrected chi connectivity index (χ4v) is 1.53. The van der Waals surface area contributed by atoms with Crippen LogP contribution in [0.15, 0.2) is 41.4 Å². The molecule has 0 saturated carbocycles. The summed E-state index contributed by atoms with van der Waals surface area (Å²) in [5, 5.41) is 2.22. The summed E-state index contributed by atoms with van der Waals surface area (Å²) in [5.41, 5.74) is 1.74. The molecule has 0 aliphatic carbocycles. The molecule has 1 N–H and O–H groups in total. The maximum atomic E-state index is 8.49. The maximum Gasteiger partial charge on any atom is 0.182 e. The highest BCUT2D eigenvalue weighted by molar-refractivity contribution is 6.01. The molecule has 18 heavy (non-hydrogen) atoms. The van der Waals surface area contributed by atoms with Crippen molar-refractivity contribution < 1.29 is 38.3 Å². The Morgan fingerprint density at radius 1 is 1.11 bits per heavy atom. The minimum Gasteiger partial charge on any atom is -0.443 e. The average molecular weight is 271 g/mol. The van der Waals surface area contributed by atoms with Crippen LogP contribution in [-0.2, 0) is 0 Å². The Balaban J connectivity index is 0.000000209. The fraction of sp³-hybridized carbons (Fsp3) is 0. The molecule has 0 atom stereocenters. The molecule has 0 amide bonds. The number of hydrogen-bond acceptors (Lipinski definition) is 6. The molecule has 7 nitrogen and oxygen atoms in total. The van der Waals surface area contributed by atoms with Crippen molar-refractivity contribution in [3.05, 3.63) is 37.0 Å². The number of pyridine rings is 1. The zero-order chi connectivity index (χ0) is 13.2. The summed E-state index contributed by atoms with van der Waals surface area (Å²) in [7, 11) is -4.94. The molecule has 0 bridgehead atoms. The maximum absolute atomic E-state index is 8.49. The van der Waals surface area contributed by atoms with Gasteiger partial charge in [0.1, 0.15) is 5.52 Å². The summed E-state index contributed by atoms with van der Waals surface area (Å²) in [4.78, 5) is 7.12.